The number of benzene rings is 2. The Morgan fingerprint density at radius 3 is 2.77 bits per heavy atom. The van der Waals surface area contributed by atoms with Crippen LogP contribution >= 0.6 is 27.3 Å². The first-order chi connectivity index (χ1) is 12.7. The van der Waals surface area contributed by atoms with E-state index in [-0.39, 0.29) is 5.91 Å². The summed E-state index contributed by atoms with van der Waals surface area (Å²) >= 11 is 4.88. The number of aromatic nitrogens is 1. The molecule has 0 saturated carbocycles. The molecule has 0 spiro atoms. The maximum absolute atomic E-state index is 12.7. The maximum Gasteiger partial charge on any atom is 0.280 e. The van der Waals surface area contributed by atoms with Gasteiger partial charge in [0.05, 0.1) is 23.5 Å². The van der Waals surface area contributed by atoms with Crippen LogP contribution in [0.1, 0.15) is 17.3 Å². The number of hydrogen-bond donors (Lipinski definition) is 0. The van der Waals surface area contributed by atoms with Gasteiger partial charge in [-0.2, -0.15) is 4.99 Å². The molecule has 136 valence electrons. The van der Waals surface area contributed by atoms with Gasteiger partial charge in [0, 0.05) is 18.1 Å². The van der Waals surface area contributed by atoms with E-state index in [1.54, 1.807) is 13.2 Å². The lowest BCUT2D eigenvalue weighted by Gasteiger charge is -2.09. The van der Waals surface area contributed by atoms with Crippen molar-refractivity contribution in [2.24, 2.45) is 4.99 Å². The third kappa shape index (κ3) is 3.90. The summed E-state index contributed by atoms with van der Waals surface area (Å²) in [5.41, 5.74) is 1.48. The topological polar surface area (TPSA) is 52.8 Å². The number of ether oxygens (including phenoxy) is 2. The predicted molar refractivity (Wildman–Crippen MR) is 107 cm³/mol. The summed E-state index contributed by atoms with van der Waals surface area (Å²) in [5.74, 6) is 0.500. The van der Waals surface area contributed by atoms with Crippen molar-refractivity contribution in [1.82, 2.24) is 4.57 Å². The fourth-order valence-corrected chi connectivity index (χ4v) is 4.15. The van der Waals surface area contributed by atoms with E-state index in [4.69, 9.17) is 9.47 Å². The predicted octanol–water partition coefficient (Wildman–Crippen LogP) is 4.25. The molecule has 0 aliphatic carbocycles. The van der Waals surface area contributed by atoms with Crippen molar-refractivity contribution in [1.29, 1.82) is 0 Å². The van der Waals surface area contributed by atoms with Crippen LogP contribution in [-0.2, 0) is 11.3 Å². The van der Waals surface area contributed by atoms with Crippen LogP contribution in [-0.4, -0.2) is 30.8 Å². The molecular weight excluding hydrogens is 416 g/mol. The van der Waals surface area contributed by atoms with Crippen molar-refractivity contribution in [2.75, 3.05) is 20.3 Å². The number of amides is 1. The smallest absolute Gasteiger partial charge is 0.280 e. The minimum Gasteiger partial charge on any atom is -0.492 e. The molecule has 26 heavy (non-hydrogen) atoms. The number of carbonyl (C=O) groups excluding carboxylic acids is 1. The molecule has 1 amide bonds. The maximum atomic E-state index is 12.7. The molecule has 7 heteroatoms. The largest absolute Gasteiger partial charge is 0.492 e. The van der Waals surface area contributed by atoms with Gasteiger partial charge in [0.2, 0.25) is 0 Å². The lowest BCUT2D eigenvalue weighted by atomic mass is 10.2. The molecule has 0 aliphatic heterocycles. The van der Waals surface area contributed by atoms with Gasteiger partial charge in [0.25, 0.3) is 5.91 Å². The first-order valence-corrected chi connectivity index (χ1v) is 9.84. The molecule has 0 atom stereocenters. The number of methoxy groups -OCH3 is 1. The summed E-state index contributed by atoms with van der Waals surface area (Å²) < 4.78 is 14.7. The van der Waals surface area contributed by atoms with Crippen LogP contribution in [0.3, 0.4) is 0 Å². The highest BCUT2D eigenvalue weighted by atomic mass is 79.9. The first-order valence-electron chi connectivity index (χ1n) is 8.23. The molecule has 3 aromatic rings. The van der Waals surface area contributed by atoms with E-state index in [2.05, 4.69) is 20.9 Å². The summed E-state index contributed by atoms with van der Waals surface area (Å²) in [6, 6.07) is 13.2. The second-order valence-electron chi connectivity index (χ2n) is 5.46. The Bertz CT molecular complexity index is 994. The fourth-order valence-electron chi connectivity index (χ4n) is 2.63. The monoisotopic (exact) mass is 434 g/mol. The zero-order valence-corrected chi connectivity index (χ0v) is 17.0. The van der Waals surface area contributed by atoms with Crippen molar-refractivity contribution >= 4 is 43.4 Å². The molecule has 0 radical (unpaired) electrons. The zero-order chi connectivity index (χ0) is 18.5. The molecular formula is C19H19BrN2O3S. The molecule has 2 aromatic carbocycles. The molecule has 0 unspecified atom stereocenters. The number of halogens is 1. The van der Waals surface area contributed by atoms with Gasteiger partial charge >= 0.3 is 0 Å². The number of fused-ring (bicyclic) bond motifs is 1. The van der Waals surface area contributed by atoms with E-state index in [0.717, 1.165) is 20.4 Å². The van der Waals surface area contributed by atoms with Gasteiger partial charge in [-0.25, -0.2) is 0 Å². The molecule has 0 aliphatic rings. The minimum absolute atomic E-state index is 0.284. The Hall–Kier alpha value is -1.96. The number of rotatable bonds is 6. The average molecular weight is 435 g/mol. The van der Waals surface area contributed by atoms with Crippen molar-refractivity contribution in [2.45, 2.75) is 13.5 Å². The van der Waals surface area contributed by atoms with Crippen LogP contribution in [0, 0.1) is 0 Å². The number of nitrogens with zero attached hydrogens (tertiary/aromatic N) is 2. The molecule has 1 aromatic heterocycles. The molecule has 5 nitrogen and oxygen atoms in total. The number of hydrogen-bond acceptors (Lipinski definition) is 4. The zero-order valence-electron chi connectivity index (χ0n) is 14.6. The van der Waals surface area contributed by atoms with Crippen LogP contribution in [0.5, 0.6) is 5.75 Å². The van der Waals surface area contributed by atoms with Gasteiger partial charge in [-0.3, -0.25) is 4.79 Å². The van der Waals surface area contributed by atoms with Crippen molar-refractivity contribution in [3.8, 4) is 5.75 Å². The van der Waals surface area contributed by atoms with Crippen LogP contribution in [0.4, 0.5) is 0 Å². The Labute approximate surface area is 164 Å². The third-order valence-corrected chi connectivity index (χ3v) is 5.52. The van der Waals surface area contributed by atoms with E-state index < -0.39 is 0 Å². The molecule has 0 saturated heterocycles. The van der Waals surface area contributed by atoms with Crippen LogP contribution in [0.25, 0.3) is 10.2 Å². The summed E-state index contributed by atoms with van der Waals surface area (Å²) in [6.07, 6.45) is 0. The van der Waals surface area contributed by atoms with Gasteiger partial charge < -0.3 is 14.0 Å². The van der Waals surface area contributed by atoms with Crippen molar-refractivity contribution in [3.05, 3.63) is 57.3 Å². The summed E-state index contributed by atoms with van der Waals surface area (Å²) in [5, 5.41) is 0. The molecule has 0 fully saturated rings. The standard InChI is InChI=1S/C19H19BrN2O3S/c1-3-25-15-9-6-10-16-17(15)22(11-12-24-2)19(26-16)21-18(23)13-7-4-5-8-14(13)20/h4-10H,3,11-12H2,1-2H3. The van der Waals surface area contributed by atoms with Crippen LogP contribution < -0.4 is 9.54 Å². The third-order valence-electron chi connectivity index (χ3n) is 3.78. The highest BCUT2D eigenvalue weighted by molar-refractivity contribution is 9.10. The summed E-state index contributed by atoms with van der Waals surface area (Å²) in [7, 11) is 1.65. The van der Waals surface area contributed by atoms with E-state index in [9.17, 15) is 4.79 Å². The van der Waals surface area contributed by atoms with E-state index in [0.29, 0.717) is 30.1 Å². The Kier molecular flexibility index (Phi) is 6.24. The molecule has 1 heterocycles. The number of carbonyl (C=O) groups is 1. The van der Waals surface area contributed by atoms with Gasteiger partial charge in [-0.05, 0) is 47.1 Å². The summed E-state index contributed by atoms with van der Waals surface area (Å²) in [6.45, 7) is 3.62. The van der Waals surface area contributed by atoms with Gasteiger partial charge in [0.1, 0.15) is 11.3 Å². The second-order valence-corrected chi connectivity index (χ2v) is 7.33. The van der Waals surface area contributed by atoms with Gasteiger partial charge in [0.15, 0.2) is 4.80 Å². The van der Waals surface area contributed by atoms with Crippen LogP contribution in [0.15, 0.2) is 51.9 Å². The average Bonchev–Trinajstić information content (AvgIpc) is 2.98. The SMILES string of the molecule is CCOc1cccc2sc(=NC(=O)c3ccccc3Br)n(CCOC)c12. The highest BCUT2D eigenvalue weighted by Crippen LogP contribution is 2.27. The Balaban J connectivity index is 2.17. The quantitative estimate of drug-likeness (QED) is 0.582. The minimum atomic E-state index is -0.284. The van der Waals surface area contributed by atoms with E-state index in [1.807, 2.05) is 47.9 Å². The Morgan fingerprint density at radius 1 is 1.23 bits per heavy atom. The lowest BCUT2D eigenvalue weighted by Crippen LogP contribution is -2.19. The second kappa shape index (κ2) is 8.62. The number of thiazole rings is 1. The highest BCUT2D eigenvalue weighted by Gasteiger charge is 2.14. The molecule has 3 rings (SSSR count). The van der Waals surface area contributed by atoms with Crippen molar-refractivity contribution < 1.29 is 14.3 Å². The molecule has 0 N–H and O–H groups in total. The lowest BCUT2D eigenvalue weighted by molar-refractivity contribution is 0.0996. The molecule has 0 bridgehead atoms. The normalized spacial score (nSPS) is 11.9. The first kappa shape index (κ1) is 18.8. The van der Waals surface area contributed by atoms with Crippen LogP contribution in [0.2, 0.25) is 0 Å². The summed E-state index contributed by atoms with van der Waals surface area (Å²) in [4.78, 5) is 17.7. The number of para-hydroxylation sites is 1. The fraction of sp³-hybridized carbons (Fsp3) is 0.263. The van der Waals surface area contributed by atoms with E-state index in [1.165, 1.54) is 11.3 Å². The van der Waals surface area contributed by atoms with Gasteiger partial charge in [-0.15, -0.1) is 0 Å². The Morgan fingerprint density at radius 2 is 2.04 bits per heavy atom. The van der Waals surface area contributed by atoms with Gasteiger partial charge in [-0.1, -0.05) is 29.5 Å². The van der Waals surface area contributed by atoms with Crippen molar-refractivity contribution in [3.63, 3.8) is 0 Å². The van der Waals surface area contributed by atoms with E-state index >= 15 is 0 Å².